The quantitative estimate of drug-likeness (QED) is 0.510. The Balaban J connectivity index is 0. The molecule has 50 valence electrons. The molecule has 0 rings (SSSR count). The summed E-state index contributed by atoms with van der Waals surface area (Å²) in [5.41, 5.74) is 0. The van der Waals surface area contributed by atoms with Gasteiger partial charge in [-0.15, -0.1) is 24.0 Å². The smallest absolute Gasteiger partial charge is 0.107 e. The number of nitriles is 1. The Morgan fingerprint density at radius 2 is 1.75 bits per heavy atom. The molecule has 0 atom stereocenters. The normalized spacial score (nSPS) is 11.2. The van der Waals surface area contributed by atoms with Crippen LogP contribution in [0.2, 0.25) is 0 Å². The predicted molar refractivity (Wildman–Crippen MR) is 52.0 cm³/mol. The molecule has 0 fully saturated rings. The van der Waals surface area contributed by atoms with Gasteiger partial charge >= 0.3 is 44.7 Å². The van der Waals surface area contributed by atoms with Crippen molar-refractivity contribution in [3.05, 3.63) is 0 Å². The van der Waals surface area contributed by atoms with Crippen molar-refractivity contribution in [3.63, 3.8) is 0 Å². The van der Waals surface area contributed by atoms with Gasteiger partial charge in [-0.2, -0.15) is 0 Å². The van der Waals surface area contributed by atoms with Crippen LogP contribution in [0.25, 0.3) is 0 Å². The van der Waals surface area contributed by atoms with E-state index in [1.54, 1.807) is 0 Å². The van der Waals surface area contributed by atoms with E-state index in [1.807, 2.05) is 0 Å². The number of nitrogens with zero attached hydrogens (tertiary/aromatic N) is 1. The Kier molecular flexibility index (Phi) is 6.47. The molecule has 0 saturated carbocycles. The minimum Gasteiger partial charge on any atom is -0.107 e. The second-order valence-corrected chi connectivity index (χ2v) is 8.37. The Labute approximate surface area is 68.8 Å². The van der Waals surface area contributed by atoms with Gasteiger partial charge < -0.3 is 0 Å². The molecule has 0 aromatic carbocycles. The molecule has 0 aromatic rings. The second-order valence-electron chi connectivity index (χ2n) is 2.90. The molecular weight excluding hydrogens is 232 g/mol. The molecule has 8 heavy (non-hydrogen) atoms. The molecule has 0 amide bonds. The van der Waals surface area contributed by atoms with Crippen LogP contribution in [0, 0.1) is 11.3 Å². The van der Waals surface area contributed by atoms with E-state index in [0.717, 1.165) is 6.16 Å². The summed E-state index contributed by atoms with van der Waals surface area (Å²) in [6, 6.07) is 2.17. The first-order chi connectivity index (χ1) is 3.06. The van der Waals surface area contributed by atoms with Crippen LogP contribution in [0.5, 0.6) is 0 Å². The Hall–Kier alpha value is 0.650. The first-order valence-electron chi connectivity index (χ1n) is 2.43. The fourth-order valence-electron chi connectivity index (χ4n) is 0.237. The van der Waals surface area contributed by atoms with Crippen molar-refractivity contribution in [3.8, 4) is 6.07 Å². The topological polar surface area (TPSA) is 23.8 Å². The molecule has 0 aliphatic rings. The van der Waals surface area contributed by atoms with Gasteiger partial charge in [0.1, 0.15) is 0 Å². The van der Waals surface area contributed by atoms with E-state index in [9.17, 15) is 0 Å². The molecule has 0 aromatic heterocycles. The van der Waals surface area contributed by atoms with Crippen molar-refractivity contribution in [2.45, 2.75) is 0 Å². The third kappa shape index (κ3) is 9.82. The summed E-state index contributed by atoms with van der Waals surface area (Å²) in [6.45, 7) is 6.57. The summed E-state index contributed by atoms with van der Waals surface area (Å²) in [5.74, 6) is 0. The van der Waals surface area contributed by atoms with Gasteiger partial charge in [0.05, 0.1) is 0 Å². The summed E-state index contributed by atoms with van der Waals surface area (Å²) < 4.78 is 0. The summed E-state index contributed by atoms with van der Waals surface area (Å²) in [7, 11) is -1.02. The van der Waals surface area contributed by atoms with Gasteiger partial charge in [-0.25, -0.2) is 0 Å². The molecule has 0 radical (unpaired) electrons. The van der Waals surface area contributed by atoms with Gasteiger partial charge in [0.25, 0.3) is 0 Å². The van der Waals surface area contributed by atoms with Crippen molar-refractivity contribution in [1.29, 1.82) is 5.26 Å². The van der Waals surface area contributed by atoms with Crippen LogP contribution in [-0.2, 0) is 0 Å². The van der Waals surface area contributed by atoms with Crippen molar-refractivity contribution < 1.29 is 0 Å². The molecule has 0 heterocycles. The van der Waals surface area contributed by atoms with Gasteiger partial charge in [0.2, 0.25) is 0 Å². The first-order valence-corrected chi connectivity index (χ1v) is 6.14. The first kappa shape index (κ1) is 11.4. The minimum absolute atomic E-state index is 0. The molecule has 0 spiro atoms. The molecular formula is C5H13INP. The van der Waals surface area contributed by atoms with E-state index in [2.05, 4.69) is 26.1 Å². The van der Waals surface area contributed by atoms with E-state index in [4.69, 9.17) is 5.26 Å². The largest absolute Gasteiger partial charge is 0.107 e. The van der Waals surface area contributed by atoms with E-state index < -0.39 is 7.26 Å². The van der Waals surface area contributed by atoms with Gasteiger partial charge in [0, 0.05) is 0 Å². The number of halogens is 1. The second kappa shape index (κ2) is 4.52. The fraction of sp³-hybridized carbons (Fsp3) is 0.800. The van der Waals surface area contributed by atoms with E-state index in [0.29, 0.717) is 0 Å². The fourth-order valence-corrected chi connectivity index (χ4v) is 0.712. The van der Waals surface area contributed by atoms with Crippen LogP contribution >= 0.6 is 31.2 Å². The summed E-state index contributed by atoms with van der Waals surface area (Å²) in [5, 5.41) is 8.19. The number of rotatable bonds is 1. The maximum absolute atomic E-state index is 8.19. The maximum Gasteiger partial charge on any atom is -0.107 e. The van der Waals surface area contributed by atoms with Gasteiger partial charge in [0.15, 0.2) is 0 Å². The van der Waals surface area contributed by atoms with Crippen molar-refractivity contribution >= 4 is 31.2 Å². The maximum atomic E-state index is 8.19. The zero-order valence-electron chi connectivity index (χ0n) is 5.56. The van der Waals surface area contributed by atoms with Crippen LogP contribution in [0.1, 0.15) is 0 Å². The molecule has 0 N–H and O–H groups in total. The third-order valence-corrected chi connectivity index (χ3v) is 1.83. The summed E-state index contributed by atoms with van der Waals surface area (Å²) in [4.78, 5) is 0. The van der Waals surface area contributed by atoms with Crippen molar-refractivity contribution in [2.24, 2.45) is 0 Å². The molecule has 3 heteroatoms. The number of hydrogen-bond donors (Lipinski definition) is 0. The van der Waals surface area contributed by atoms with Crippen LogP contribution in [0.3, 0.4) is 0 Å². The van der Waals surface area contributed by atoms with Crippen LogP contribution in [0.15, 0.2) is 0 Å². The monoisotopic (exact) mass is 245 g/mol. The Bertz CT molecular complexity index is 89.6. The van der Waals surface area contributed by atoms with E-state index in [-0.39, 0.29) is 24.0 Å². The minimum atomic E-state index is -1.02. The van der Waals surface area contributed by atoms with Gasteiger partial charge in [-0.1, -0.05) is 0 Å². The standard InChI is InChI=1S/C5H12NP.HI/c1-7(2,3)5-4-6;/h7H,5H2,1-3H3;1H. The van der Waals surface area contributed by atoms with Crippen LogP contribution in [-0.4, -0.2) is 26.2 Å². The zero-order valence-corrected chi connectivity index (χ0v) is 8.89. The predicted octanol–water partition coefficient (Wildman–Crippen LogP) is 1.77. The number of hydrogen-bond acceptors (Lipinski definition) is 1. The van der Waals surface area contributed by atoms with Crippen molar-refractivity contribution in [1.82, 2.24) is 0 Å². The molecule has 0 unspecified atom stereocenters. The van der Waals surface area contributed by atoms with E-state index >= 15 is 0 Å². The molecule has 0 aliphatic carbocycles. The zero-order chi connectivity index (χ0) is 5.91. The van der Waals surface area contributed by atoms with Gasteiger partial charge in [-0.3, -0.25) is 0 Å². The average Bonchev–Trinajstić information content (AvgIpc) is 1.30. The van der Waals surface area contributed by atoms with Gasteiger partial charge in [-0.05, 0) is 0 Å². The molecule has 0 bridgehead atoms. The summed E-state index contributed by atoms with van der Waals surface area (Å²) >= 11 is 0. The molecule has 0 aliphatic heterocycles. The SMILES string of the molecule is C[PH](C)(C)CC#N.I. The third-order valence-electron chi connectivity index (χ3n) is 0.609. The average molecular weight is 245 g/mol. The Morgan fingerprint density at radius 3 is 1.75 bits per heavy atom. The van der Waals surface area contributed by atoms with E-state index in [1.165, 1.54) is 0 Å². The Morgan fingerprint density at radius 1 is 1.38 bits per heavy atom. The van der Waals surface area contributed by atoms with Crippen molar-refractivity contribution in [2.75, 3.05) is 26.2 Å². The summed E-state index contributed by atoms with van der Waals surface area (Å²) in [6.07, 6.45) is 0.785. The molecule has 0 saturated heterocycles. The van der Waals surface area contributed by atoms with Crippen LogP contribution in [0.4, 0.5) is 0 Å². The molecule has 1 nitrogen and oxygen atoms in total. The van der Waals surface area contributed by atoms with Crippen LogP contribution < -0.4 is 0 Å².